The molecule has 100 valence electrons. The van der Waals surface area contributed by atoms with Gasteiger partial charge in [-0.1, -0.05) is 34.6 Å². The first-order valence-electron chi connectivity index (χ1n) is 6.73. The maximum Gasteiger partial charge on any atom is 0.321 e. The van der Waals surface area contributed by atoms with Gasteiger partial charge in [0.15, 0.2) is 0 Å². The van der Waals surface area contributed by atoms with E-state index in [2.05, 4.69) is 34.6 Å². The number of hydrogen-bond acceptors (Lipinski definition) is 3. The zero-order chi connectivity index (χ0) is 13.8. The molecule has 18 heavy (non-hydrogen) atoms. The van der Waals surface area contributed by atoms with E-state index < -0.39 is 10.8 Å². The zero-order valence-electron chi connectivity index (χ0n) is 12.1. The van der Waals surface area contributed by atoms with Gasteiger partial charge in [0.1, 0.15) is 0 Å². The molecule has 3 unspecified atom stereocenters. The molecule has 4 fully saturated rings. The van der Waals surface area contributed by atoms with Gasteiger partial charge in [-0.15, -0.1) is 0 Å². The van der Waals surface area contributed by atoms with Gasteiger partial charge in [-0.05, 0) is 36.0 Å². The van der Waals surface area contributed by atoms with Crippen LogP contribution < -0.4 is 0 Å². The van der Waals surface area contributed by atoms with Gasteiger partial charge < -0.3 is 4.74 Å². The van der Waals surface area contributed by atoms with Crippen LogP contribution in [0.1, 0.15) is 54.4 Å². The maximum absolute atomic E-state index is 12.2. The Morgan fingerprint density at radius 3 is 2.00 bits per heavy atom. The van der Waals surface area contributed by atoms with Crippen molar-refractivity contribution in [2.24, 2.45) is 27.1 Å². The molecule has 0 N–H and O–H groups in total. The lowest BCUT2D eigenvalue weighted by molar-refractivity contribution is -0.298. The van der Waals surface area contributed by atoms with Crippen LogP contribution in [0.3, 0.4) is 0 Å². The van der Waals surface area contributed by atoms with Crippen molar-refractivity contribution in [2.75, 3.05) is 0 Å². The zero-order valence-corrected chi connectivity index (χ0v) is 12.1. The molecular formula is C15H22O3. The monoisotopic (exact) mass is 250 g/mol. The molecular weight excluding hydrogens is 228 g/mol. The third-order valence-corrected chi connectivity index (χ3v) is 7.52. The topological polar surface area (TPSA) is 43.4 Å². The lowest BCUT2D eigenvalue weighted by atomic mass is 9.23. The third kappa shape index (κ3) is 0.759. The van der Waals surface area contributed by atoms with Gasteiger partial charge in [-0.2, -0.15) is 0 Å². The van der Waals surface area contributed by atoms with Crippen LogP contribution in [0.25, 0.3) is 0 Å². The maximum atomic E-state index is 12.2. The minimum Gasteiger partial charge on any atom is -0.392 e. The first kappa shape index (κ1) is 12.2. The van der Waals surface area contributed by atoms with Crippen molar-refractivity contribution in [2.45, 2.75) is 54.4 Å². The van der Waals surface area contributed by atoms with Gasteiger partial charge in [0.2, 0.25) is 0 Å². The highest BCUT2D eigenvalue weighted by atomic mass is 16.6. The first-order valence-corrected chi connectivity index (χ1v) is 6.73. The molecule has 3 heteroatoms. The lowest BCUT2D eigenvalue weighted by Gasteiger charge is -2.76. The van der Waals surface area contributed by atoms with E-state index >= 15 is 0 Å². The first-order chi connectivity index (χ1) is 7.96. The summed E-state index contributed by atoms with van der Waals surface area (Å²) in [6.45, 7) is 13.0. The number of hydrogen-bond donors (Lipinski definition) is 0. The summed E-state index contributed by atoms with van der Waals surface area (Å²) in [6.07, 6.45) is 1.54. The minimum absolute atomic E-state index is 0.000139. The largest absolute Gasteiger partial charge is 0.392 e. The normalized spacial score (nSPS) is 51.4. The summed E-state index contributed by atoms with van der Waals surface area (Å²) in [4.78, 5) is 24.4. The van der Waals surface area contributed by atoms with E-state index in [0.29, 0.717) is 0 Å². The van der Waals surface area contributed by atoms with E-state index in [4.69, 9.17) is 4.74 Å². The lowest BCUT2D eigenvalue weighted by Crippen LogP contribution is -2.77. The molecule has 3 aliphatic carbocycles. The van der Waals surface area contributed by atoms with Crippen LogP contribution >= 0.6 is 0 Å². The van der Waals surface area contributed by atoms with Gasteiger partial charge in [0.25, 0.3) is 0 Å². The van der Waals surface area contributed by atoms with Crippen LogP contribution in [0.15, 0.2) is 0 Å². The number of rotatable bonds is 0. The molecule has 1 saturated heterocycles. The Morgan fingerprint density at radius 2 is 1.44 bits per heavy atom. The average molecular weight is 250 g/mol. The standard InChI is InChI=1S/C15H22O3/c1-11(2)7-15-8-13(5,12(11,3)4)14(15,6)9(16)18-10(15)17/h7-8H2,1-6H3. The molecule has 4 aliphatic rings. The third-order valence-electron chi connectivity index (χ3n) is 7.52. The molecule has 2 bridgehead atoms. The molecule has 1 heterocycles. The van der Waals surface area contributed by atoms with Crippen molar-refractivity contribution in [1.82, 2.24) is 0 Å². The average Bonchev–Trinajstić information content (AvgIpc) is 2.36. The molecule has 0 amide bonds. The number of esters is 2. The van der Waals surface area contributed by atoms with Crippen molar-refractivity contribution in [3.05, 3.63) is 0 Å². The predicted molar refractivity (Wildman–Crippen MR) is 66.5 cm³/mol. The van der Waals surface area contributed by atoms with E-state index in [1.54, 1.807) is 0 Å². The smallest absolute Gasteiger partial charge is 0.321 e. The quantitative estimate of drug-likeness (QED) is 0.490. The Hall–Kier alpha value is -0.860. The van der Waals surface area contributed by atoms with Crippen LogP contribution in [0.2, 0.25) is 0 Å². The summed E-state index contributed by atoms with van der Waals surface area (Å²) in [6, 6.07) is 0. The molecule has 1 aliphatic heterocycles. The molecule has 0 radical (unpaired) electrons. The van der Waals surface area contributed by atoms with Gasteiger partial charge in [-0.25, -0.2) is 0 Å². The van der Waals surface area contributed by atoms with Gasteiger partial charge in [0.05, 0.1) is 10.8 Å². The number of fused-ring (bicyclic) bond motifs is 2. The van der Waals surface area contributed by atoms with Crippen LogP contribution in [0.5, 0.6) is 0 Å². The molecule has 0 aromatic carbocycles. The fraction of sp³-hybridized carbons (Fsp3) is 0.867. The molecule has 3 saturated carbocycles. The van der Waals surface area contributed by atoms with Crippen LogP contribution in [-0.2, 0) is 14.3 Å². The summed E-state index contributed by atoms with van der Waals surface area (Å²) < 4.78 is 5.03. The second kappa shape index (κ2) is 2.54. The molecule has 3 nitrogen and oxygen atoms in total. The molecule has 3 atom stereocenters. The fourth-order valence-corrected chi connectivity index (χ4v) is 5.24. The second-order valence-corrected chi connectivity index (χ2v) is 8.08. The van der Waals surface area contributed by atoms with Gasteiger partial charge >= 0.3 is 11.9 Å². The van der Waals surface area contributed by atoms with Crippen molar-refractivity contribution in [1.29, 1.82) is 0 Å². The highest BCUT2D eigenvalue weighted by Gasteiger charge is 2.88. The summed E-state index contributed by atoms with van der Waals surface area (Å²) in [5.41, 5.74) is -1.32. The Balaban J connectivity index is 2.26. The minimum atomic E-state index is -0.629. The number of ether oxygens (including phenoxy) is 1. The predicted octanol–water partition coefficient (Wildman–Crippen LogP) is 2.93. The second-order valence-electron chi connectivity index (χ2n) is 8.08. The van der Waals surface area contributed by atoms with Crippen LogP contribution in [0, 0.1) is 27.1 Å². The van der Waals surface area contributed by atoms with Crippen molar-refractivity contribution in [3.8, 4) is 0 Å². The Bertz CT molecular complexity index is 490. The van der Waals surface area contributed by atoms with Crippen molar-refractivity contribution in [3.63, 3.8) is 0 Å². The van der Waals surface area contributed by atoms with E-state index in [-0.39, 0.29) is 28.2 Å². The summed E-state index contributed by atoms with van der Waals surface area (Å²) in [5, 5.41) is 0. The van der Waals surface area contributed by atoms with E-state index in [9.17, 15) is 9.59 Å². The summed E-state index contributed by atoms with van der Waals surface area (Å²) in [7, 11) is 0. The molecule has 1 spiro atoms. The van der Waals surface area contributed by atoms with E-state index in [1.807, 2.05) is 6.92 Å². The Morgan fingerprint density at radius 1 is 0.889 bits per heavy atom. The molecule has 0 aromatic rings. The van der Waals surface area contributed by atoms with Crippen molar-refractivity contribution >= 4 is 11.9 Å². The highest BCUT2D eigenvalue weighted by Crippen LogP contribution is 2.85. The van der Waals surface area contributed by atoms with Gasteiger partial charge in [-0.3, -0.25) is 9.59 Å². The number of carbonyl (C=O) groups is 2. The van der Waals surface area contributed by atoms with E-state index in [0.717, 1.165) is 12.8 Å². The Kier molecular flexibility index (Phi) is 1.72. The molecule has 0 aromatic heterocycles. The number of carbonyl (C=O) groups excluding carboxylic acids is 2. The highest BCUT2D eigenvalue weighted by molar-refractivity contribution is 6.04. The van der Waals surface area contributed by atoms with Crippen molar-refractivity contribution < 1.29 is 14.3 Å². The van der Waals surface area contributed by atoms with Gasteiger partial charge in [0, 0.05) is 0 Å². The SMILES string of the molecule is CC1(C)CC23CC(C)(C1(C)C)C2(C)C(=O)OC3=O. The van der Waals surface area contributed by atoms with Crippen LogP contribution in [-0.4, -0.2) is 11.9 Å². The summed E-state index contributed by atoms with van der Waals surface area (Å²) >= 11 is 0. The summed E-state index contributed by atoms with van der Waals surface area (Å²) in [5.74, 6) is -0.583. The number of cyclic esters (lactones) is 2. The van der Waals surface area contributed by atoms with E-state index in [1.165, 1.54) is 0 Å². The Labute approximate surface area is 108 Å². The molecule has 4 rings (SSSR count). The fourth-order valence-electron chi connectivity index (χ4n) is 5.24. The van der Waals surface area contributed by atoms with Crippen LogP contribution in [0.4, 0.5) is 0 Å².